The van der Waals surface area contributed by atoms with Gasteiger partial charge in [0.2, 0.25) is 6.79 Å². The topological polar surface area (TPSA) is 80.3 Å². The van der Waals surface area contributed by atoms with Crippen LogP contribution in [0.25, 0.3) is 0 Å². The number of aliphatic hydroxyl groups excluding tert-OH is 1. The molecule has 7 atom stereocenters. The Bertz CT molecular complexity index is 950. The molecule has 7 nitrogen and oxygen atoms in total. The van der Waals surface area contributed by atoms with E-state index in [1.165, 1.54) is 18.2 Å². The number of fused-ring (bicyclic) bond motifs is 3. The van der Waals surface area contributed by atoms with Crippen LogP contribution >= 0.6 is 0 Å². The molecule has 1 aromatic carbocycles. The number of nitrogens with zero attached hydrogens (tertiary/aromatic N) is 1. The molecular weight excluding hydrogens is 396 g/mol. The summed E-state index contributed by atoms with van der Waals surface area (Å²) in [5, 5.41) is 15.3. The van der Waals surface area contributed by atoms with E-state index in [2.05, 4.69) is 43.2 Å². The number of benzene rings is 1. The molecule has 1 spiro atoms. The van der Waals surface area contributed by atoms with Gasteiger partial charge >= 0.3 is 5.97 Å². The van der Waals surface area contributed by atoms with Crippen LogP contribution in [-0.2, 0) is 14.9 Å². The first-order valence-electron chi connectivity index (χ1n) is 11.5. The van der Waals surface area contributed by atoms with Crippen LogP contribution in [0.2, 0.25) is 0 Å². The lowest BCUT2D eigenvalue weighted by Gasteiger charge is -2.51. The fourth-order valence-corrected chi connectivity index (χ4v) is 8.08. The lowest BCUT2D eigenvalue weighted by molar-refractivity contribution is -0.156. The molecule has 168 valence electrons. The Hall–Kier alpha value is -1.83. The Morgan fingerprint density at radius 3 is 2.77 bits per heavy atom. The number of aliphatic hydroxyl groups is 1. The van der Waals surface area contributed by atoms with Crippen molar-refractivity contribution in [1.82, 2.24) is 10.2 Å². The zero-order chi connectivity index (χ0) is 21.7. The van der Waals surface area contributed by atoms with E-state index in [0.717, 1.165) is 24.5 Å². The summed E-state index contributed by atoms with van der Waals surface area (Å²) in [5.74, 6) is 1.55. The van der Waals surface area contributed by atoms with E-state index >= 15 is 0 Å². The second-order valence-corrected chi connectivity index (χ2v) is 10.6. The van der Waals surface area contributed by atoms with Gasteiger partial charge < -0.3 is 24.2 Å². The minimum absolute atomic E-state index is 0.0173. The summed E-state index contributed by atoms with van der Waals surface area (Å²) >= 11 is 0. The van der Waals surface area contributed by atoms with Crippen molar-refractivity contribution < 1.29 is 24.1 Å². The molecule has 3 heterocycles. The van der Waals surface area contributed by atoms with Gasteiger partial charge in [-0.15, -0.1) is 0 Å². The van der Waals surface area contributed by atoms with Crippen LogP contribution in [0.4, 0.5) is 0 Å². The Morgan fingerprint density at radius 2 is 2.06 bits per heavy atom. The number of carbonyl (C=O) groups excluding carboxylic acids is 1. The molecule has 2 aliphatic carbocycles. The first-order chi connectivity index (χ1) is 14.8. The average Bonchev–Trinajstić information content (AvgIpc) is 3.46. The van der Waals surface area contributed by atoms with Gasteiger partial charge in [-0.1, -0.05) is 13.8 Å². The van der Waals surface area contributed by atoms with Crippen LogP contribution in [0.1, 0.15) is 50.3 Å². The van der Waals surface area contributed by atoms with Gasteiger partial charge in [-0.25, -0.2) is 0 Å². The monoisotopic (exact) mass is 428 g/mol. The van der Waals surface area contributed by atoms with Crippen molar-refractivity contribution in [3.63, 3.8) is 0 Å². The Labute approximate surface area is 183 Å². The van der Waals surface area contributed by atoms with Gasteiger partial charge in [0.1, 0.15) is 5.54 Å². The van der Waals surface area contributed by atoms with Crippen molar-refractivity contribution in [2.24, 2.45) is 17.8 Å². The van der Waals surface area contributed by atoms with Crippen LogP contribution < -0.4 is 14.8 Å². The molecule has 2 N–H and O–H groups in total. The summed E-state index contributed by atoms with van der Waals surface area (Å²) in [6, 6.07) is 4.52. The molecule has 5 aliphatic rings. The summed E-state index contributed by atoms with van der Waals surface area (Å²) < 4.78 is 16.8. The first-order valence-corrected chi connectivity index (χ1v) is 11.5. The van der Waals surface area contributed by atoms with Crippen molar-refractivity contribution in [1.29, 1.82) is 0 Å². The molecule has 0 aromatic heterocycles. The fraction of sp³-hybridized carbons (Fsp3) is 0.708. The molecule has 4 unspecified atom stereocenters. The highest BCUT2D eigenvalue weighted by molar-refractivity contribution is 5.83. The average molecular weight is 429 g/mol. The number of nitrogens with one attached hydrogen (secondary N) is 1. The quantitative estimate of drug-likeness (QED) is 0.713. The molecule has 2 saturated heterocycles. The van der Waals surface area contributed by atoms with Gasteiger partial charge in [0.05, 0.1) is 13.2 Å². The highest BCUT2D eigenvalue weighted by Crippen LogP contribution is 2.69. The zero-order valence-electron chi connectivity index (χ0n) is 18.7. The van der Waals surface area contributed by atoms with Gasteiger partial charge in [0, 0.05) is 23.4 Å². The molecule has 3 fully saturated rings. The number of hydrogen-bond donors (Lipinski definition) is 2. The third-order valence-electron chi connectivity index (χ3n) is 8.87. The third-order valence-corrected chi connectivity index (χ3v) is 8.87. The zero-order valence-corrected chi connectivity index (χ0v) is 18.7. The SMILES string of the molecule is COC(=O)[C@@]1(CC(C)C)NC2c3cc4c(cc3[C@]35CCN(C)C3C[C@H](O)C1C25)OCO4. The molecule has 0 amide bonds. The molecule has 0 bridgehead atoms. The third kappa shape index (κ3) is 2.27. The standard InChI is InChI=1S/C24H32N2O5/c1-12(2)10-24(22(28)29-4)19-15(27)9-18-23(5-6-26(18)3)14-8-17-16(30-11-31-17)7-13(14)21(25-24)20(19)23/h7-8,12,15,18-21,25,27H,5-6,9-11H2,1-4H3/t15-,18?,19?,20?,21?,23+,24-/m0/s1. The maximum absolute atomic E-state index is 13.4. The number of methoxy groups -OCH3 is 1. The molecule has 7 heteroatoms. The van der Waals surface area contributed by atoms with Crippen molar-refractivity contribution >= 4 is 5.97 Å². The second-order valence-electron chi connectivity index (χ2n) is 10.6. The number of hydrogen-bond acceptors (Lipinski definition) is 7. The van der Waals surface area contributed by atoms with Crippen molar-refractivity contribution in [2.45, 2.75) is 62.3 Å². The molecule has 0 radical (unpaired) electrons. The normalized spacial score (nSPS) is 41.9. The van der Waals surface area contributed by atoms with E-state index in [4.69, 9.17) is 14.2 Å². The molecular formula is C24H32N2O5. The van der Waals surface area contributed by atoms with E-state index < -0.39 is 11.6 Å². The molecule has 6 rings (SSSR count). The molecule has 31 heavy (non-hydrogen) atoms. The van der Waals surface area contributed by atoms with Gasteiger partial charge in [0.25, 0.3) is 0 Å². The maximum atomic E-state index is 13.4. The largest absolute Gasteiger partial charge is 0.468 e. The fourth-order valence-electron chi connectivity index (χ4n) is 8.08. The Kier molecular flexibility index (Phi) is 4.07. The van der Waals surface area contributed by atoms with E-state index in [1.807, 2.05) is 0 Å². The maximum Gasteiger partial charge on any atom is 0.326 e. The number of rotatable bonds is 3. The van der Waals surface area contributed by atoms with Crippen molar-refractivity contribution in [3.05, 3.63) is 23.3 Å². The van der Waals surface area contributed by atoms with Gasteiger partial charge in [-0.3, -0.25) is 10.1 Å². The van der Waals surface area contributed by atoms with E-state index in [0.29, 0.717) is 12.8 Å². The summed E-state index contributed by atoms with van der Waals surface area (Å²) in [4.78, 5) is 15.8. The van der Waals surface area contributed by atoms with Gasteiger partial charge in [-0.2, -0.15) is 0 Å². The molecule has 1 aromatic rings. The van der Waals surface area contributed by atoms with Gasteiger partial charge in [0.15, 0.2) is 11.5 Å². The number of esters is 1. The van der Waals surface area contributed by atoms with Crippen LogP contribution in [0.3, 0.4) is 0 Å². The van der Waals surface area contributed by atoms with Crippen molar-refractivity contribution in [3.8, 4) is 11.5 Å². The second kappa shape index (κ2) is 6.36. The number of likely N-dealkylation sites (tertiary alicyclic amines) is 1. The van der Waals surface area contributed by atoms with Crippen LogP contribution in [0, 0.1) is 17.8 Å². The molecule has 1 saturated carbocycles. The number of carbonyl (C=O) groups is 1. The lowest BCUT2D eigenvalue weighted by atomic mass is 9.55. The van der Waals surface area contributed by atoms with Crippen LogP contribution in [0.5, 0.6) is 11.5 Å². The minimum Gasteiger partial charge on any atom is -0.468 e. The first kappa shape index (κ1) is 19.8. The number of likely N-dealkylation sites (N-methyl/N-ethyl adjacent to an activating group) is 1. The van der Waals surface area contributed by atoms with Crippen LogP contribution in [-0.4, -0.2) is 61.2 Å². The van der Waals surface area contributed by atoms with Gasteiger partial charge in [-0.05, 0) is 68.0 Å². The summed E-state index contributed by atoms with van der Waals surface area (Å²) in [6.45, 7) is 5.49. The molecule has 3 aliphatic heterocycles. The minimum atomic E-state index is -0.884. The predicted octanol–water partition coefficient (Wildman–Crippen LogP) is 1.97. The highest BCUT2D eigenvalue weighted by Gasteiger charge is 2.74. The summed E-state index contributed by atoms with van der Waals surface area (Å²) in [5.41, 5.74) is 1.52. The Morgan fingerprint density at radius 1 is 1.32 bits per heavy atom. The number of ether oxygens (including phenoxy) is 3. The summed E-state index contributed by atoms with van der Waals surface area (Å²) in [7, 11) is 3.62. The summed E-state index contributed by atoms with van der Waals surface area (Å²) in [6.07, 6.45) is 1.76. The van der Waals surface area contributed by atoms with Crippen LogP contribution in [0.15, 0.2) is 12.1 Å². The predicted molar refractivity (Wildman–Crippen MR) is 113 cm³/mol. The Balaban J connectivity index is 1.59. The van der Waals surface area contributed by atoms with Crippen molar-refractivity contribution in [2.75, 3.05) is 27.5 Å². The highest BCUT2D eigenvalue weighted by atomic mass is 16.7. The van der Waals surface area contributed by atoms with E-state index in [9.17, 15) is 9.90 Å². The van der Waals surface area contributed by atoms with E-state index in [1.54, 1.807) is 0 Å². The smallest absolute Gasteiger partial charge is 0.326 e. The lowest BCUT2D eigenvalue weighted by Crippen LogP contribution is -2.63. The van der Waals surface area contributed by atoms with E-state index in [-0.39, 0.29) is 48.0 Å².